The zero-order valence-electron chi connectivity index (χ0n) is 25.4. The third-order valence-corrected chi connectivity index (χ3v) is 7.94. The van der Waals surface area contributed by atoms with Crippen LogP contribution in [0.1, 0.15) is 37.9 Å². The Kier molecular flexibility index (Phi) is 9.79. The van der Waals surface area contributed by atoms with Crippen LogP contribution in [-0.2, 0) is 14.3 Å². The summed E-state index contributed by atoms with van der Waals surface area (Å²) in [6.07, 6.45) is 1.76. The van der Waals surface area contributed by atoms with E-state index in [0.717, 1.165) is 11.1 Å². The highest BCUT2D eigenvalue weighted by Crippen LogP contribution is 2.31. The Morgan fingerprint density at radius 2 is 1.64 bits per heavy atom. The molecule has 5 rings (SSSR count). The van der Waals surface area contributed by atoms with Gasteiger partial charge in [0.15, 0.2) is 11.4 Å². The van der Waals surface area contributed by atoms with E-state index in [1.165, 1.54) is 18.4 Å². The van der Waals surface area contributed by atoms with Gasteiger partial charge in [0.05, 0.1) is 47.9 Å². The molecule has 1 atom stereocenters. The van der Waals surface area contributed by atoms with E-state index in [1.54, 1.807) is 67.0 Å². The maximum atomic E-state index is 13.8. The fourth-order valence-electron chi connectivity index (χ4n) is 4.91. The second-order valence-corrected chi connectivity index (χ2v) is 10.9. The smallest absolute Gasteiger partial charge is 0.338 e. The minimum atomic E-state index is -0.712. The van der Waals surface area contributed by atoms with Crippen LogP contribution in [0.2, 0.25) is 0 Å². The van der Waals surface area contributed by atoms with Gasteiger partial charge < -0.3 is 24.3 Å². The third kappa shape index (κ3) is 6.99. The molecule has 1 aromatic heterocycles. The first-order valence-corrected chi connectivity index (χ1v) is 15.2. The van der Waals surface area contributed by atoms with E-state index in [4.69, 9.17) is 18.9 Å². The van der Waals surface area contributed by atoms with Crippen LogP contribution < -0.4 is 34.4 Å². The summed E-state index contributed by atoms with van der Waals surface area (Å²) in [5, 5.41) is 2.77. The van der Waals surface area contributed by atoms with Crippen LogP contribution in [0.4, 0.5) is 5.69 Å². The molecule has 0 saturated heterocycles. The molecule has 0 spiro atoms. The van der Waals surface area contributed by atoms with E-state index >= 15 is 0 Å². The first-order valence-electron chi connectivity index (χ1n) is 14.4. The molecular formula is C34H33N3O7S. The first kappa shape index (κ1) is 31.3. The molecule has 1 aliphatic rings. The van der Waals surface area contributed by atoms with Crippen molar-refractivity contribution in [1.29, 1.82) is 0 Å². The first-order chi connectivity index (χ1) is 21.8. The Morgan fingerprint density at radius 3 is 2.33 bits per heavy atom. The van der Waals surface area contributed by atoms with E-state index in [-0.39, 0.29) is 24.7 Å². The van der Waals surface area contributed by atoms with Crippen molar-refractivity contribution >= 4 is 35.0 Å². The van der Waals surface area contributed by atoms with Crippen molar-refractivity contribution in [2.45, 2.75) is 26.8 Å². The number of methoxy groups -OCH3 is 1. The van der Waals surface area contributed by atoms with E-state index in [2.05, 4.69) is 10.3 Å². The maximum Gasteiger partial charge on any atom is 0.338 e. The van der Waals surface area contributed by atoms with Gasteiger partial charge in [0.25, 0.3) is 11.5 Å². The highest BCUT2D eigenvalue weighted by atomic mass is 32.1. The summed E-state index contributed by atoms with van der Waals surface area (Å²) in [5.74, 6) is 0.896. The standard InChI is InChI=1S/C34H33N3O7S/c1-5-42-24-17-13-23(14-18-24)31-30(33(40)43-6-2)21(3)35-34-37(31)32(39)28(45-34)19-22-11-15-25(16-12-22)44-20-29(38)36-26-9-7-8-10-27(26)41-4/h7-19,31H,5-6,20H2,1-4H3,(H,36,38)/b28-19+/t31-/m1/s1. The van der Waals surface area contributed by atoms with Crippen LogP contribution in [0.5, 0.6) is 17.2 Å². The van der Waals surface area contributed by atoms with Gasteiger partial charge in [-0.25, -0.2) is 9.79 Å². The quantitative estimate of drug-likeness (QED) is 0.248. The molecule has 0 saturated carbocycles. The number of para-hydroxylation sites is 2. The molecule has 1 aliphatic heterocycles. The van der Waals surface area contributed by atoms with Crippen molar-refractivity contribution in [3.8, 4) is 17.2 Å². The molecule has 4 aromatic rings. The van der Waals surface area contributed by atoms with E-state index < -0.39 is 12.0 Å². The van der Waals surface area contributed by atoms with Crippen molar-refractivity contribution in [2.24, 2.45) is 4.99 Å². The SMILES string of the molecule is CCOC(=O)C1=C(C)N=c2s/c(=C/c3ccc(OCC(=O)Nc4ccccc4OC)cc3)c(=O)n2[C@@H]1c1ccc(OCC)cc1. The average molecular weight is 628 g/mol. The summed E-state index contributed by atoms with van der Waals surface area (Å²) >= 11 is 1.24. The molecule has 2 heterocycles. The molecule has 1 amide bonds. The second-order valence-electron chi connectivity index (χ2n) is 9.91. The molecule has 45 heavy (non-hydrogen) atoms. The number of thiazole rings is 1. The third-order valence-electron chi connectivity index (χ3n) is 6.95. The number of hydrogen-bond acceptors (Lipinski definition) is 9. The van der Waals surface area contributed by atoms with E-state index in [1.807, 2.05) is 37.3 Å². The Labute approximate surface area is 263 Å². The Morgan fingerprint density at radius 1 is 0.956 bits per heavy atom. The lowest BCUT2D eigenvalue weighted by Crippen LogP contribution is -2.39. The molecule has 0 unspecified atom stereocenters. The van der Waals surface area contributed by atoms with Gasteiger partial charge in [-0.05, 0) is 74.4 Å². The van der Waals surface area contributed by atoms with Crippen LogP contribution in [0, 0.1) is 0 Å². The van der Waals surface area contributed by atoms with Gasteiger partial charge in [-0.1, -0.05) is 47.7 Å². The number of hydrogen-bond donors (Lipinski definition) is 1. The van der Waals surface area contributed by atoms with Gasteiger partial charge in [-0.15, -0.1) is 0 Å². The summed E-state index contributed by atoms with van der Waals surface area (Å²) in [5.41, 5.74) is 2.58. The van der Waals surface area contributed by atoms with Crippen molar-refractivity contribution in [2.75, 3.05) is 32.2 Å². The molecule has 0 fully saturated rings. The lowest BCUT2D eigenvalue weighted by molar-refractivity contribution is -0.139. The van der Waals surface area contributed by atoms with Crippen LogP contribution >= 0.6 is 11.3 Å². The van der Waals surface area contributed by atoms with Crippen molar-refractivity contribution in [1.82, 2.24) is 4.57 Å². The number of allylic oxidation sites excluding steroid dienone is 1. The number of benzene rings is 3. The number of rotatable bonds is 11. The number of amides is 1. The maximum absolute atomic E-state index is 13.8. The summed E-state index contributed by atoms with van der Waals surface area (Å²) in [6.45, 7) is 5.92. The number of carbonyl (C=O) groups excluding carboxylic acids is 2. The Balaban J connectivity index is 1.40. The zero-order valence-corrected chi connectivity index (χ0v) is 26.2. The largest absolute Gasteiger partial charge is 0.495 e. The molecule has 10 nitrogen and oxygen atoms in total. The summed E-state index contributed by atoms with van der Waals surface area (Å²) in [7, 11) is 1.54. The average Bonchev–Trinajstić information content (AvgIpc) is 3.34. The second kappa shape index (κ2) is 14.1. The number of nitrogens with one attached hydrogen (secondary N) is 1. The molecule has 232 valence electrons. The highest BCUT2D eigenvalue weighted by molar-refractivity contribution is 7.07. The lowest BCUT2D eigenvalue weighted by Gasteiger charge is -2.24. The van der Waals surface area contributed by atoms with Crippen molar-refractivity contribution in [3.63, 3.8) is 0 Å². The van der Waals surface area contributed by atoms with Gasteiger partial charge in [-0.2, -0.15) is 0 Å². The summed E-state index contributed by atoms with van der Waals surface area (Å²) < 4.78 is 23.9. The predicted molar refractivity (Wildman–Crippen MR) is 172 cm³/mol. The lowest BCUT2D eigenvalue weighted by atomic mass is 9.96. The highest BCUT2D eigenvalue weighted by Gasteiger charge is 2.33. The van der Waals surface area contributed by atoms with Crippen molar-refractivity contribution < 1.29 is 28.5 Å². The number of esters is 1. The molecule has 3 aromatic carbocycles. The molecular weight excluding hydrogens is 594 g/mol. The number of aromatic nitrogens is 1. The van der Waals surface area contributed by atoms with Crippen LogP contribution in [0.3, 0.4) is 0 Å². The fourth-order valence-corrected chi connectivity index (χ4v) is 5.96. The predicted octanol–water partition coefficient (Wildman–Crippen LogP) is 4.22. The molecule has 0 radical (unpaired) electrons. The molecule has 1 N–H and O–H groups in total. The fraction of sp³-hybridized carbons (Fsp3) is 0.235. The van der Waals surface area contributed by atoms with Crippen LogP contribution in [0.25, 0.3) is 6.08 Å². The van der Waals surface area contributed by atoms with Crippen LogP contribution in [-0.4, -0.2) is 43.4 Å². The topological polar surface area (TPSA) is 117 Å². The molecule has 11 heteroatoms. The molecule has 0 bridgehead atoms. The molecule has 0 aliphatic carbocycles. The number of nitrogens with zero attached hydrogens (tertiary/aromatic N) is 2. The van der Waals surface area contributed by atoms with Crippen molar-refractivity contribution in [3.05, 3.63) is 115 Å². The number of ether oxygens (including phenoxy) is 4. The summed E-state index contributed by atoms with van der Waals surface area (Å²) in [4.78, 5) is 44.5. The zero-order chi connectivity index (χ0) is 31.9. The number of carbonyl (C=O) groups is 2. The van der Waals surface area contributed by atoms with Crippen LogP contribution in [0.15, 0.2) is 93.9 Å². The monoisotopic (exact) mass is 627 g/mol. The number of fused-ring (bicyclic) bond motifs is 1. The Hall–Kier alpha value is -5.16. The minimum Gasteiger partial charge on any atom is -0.495 e. The van der Waals surface area contributed by atoms with Gasteiger partial charge in [0.1, 0.15) is 17.2 Å². The normalized spacial score (nSPS) is 14.3. The number of anilines is 1. The van der Waals surface area contributed by atoms with E-state index in [9.17, 15) is 14.4 Å². The Bertz CT molecular complexity index is 1910. The minimum absolute atomic E-state index is 0.191. The van der Waals surface area contributed by atoms with Gasteiger partial charge in [-0.3, -0.25) is 14.2 Å². The van der Waals surface area contributed by atoms with Gasteiger partial charge >= 0.3 is 5.97 Å². The summed E-state index contributed by atoms with van der Waals surface area (Å²) in [6, 6.07) is 20.8. The van der Waals surface area contributed by atoms with Gasteiger partial charge in [0, 0.05) is 0 Å². The van der Waals surface area contributed by atoms with Gasteiger partial charge in [0.2, 0.25) is 0 Å². The van der Waals surface area contributed by atoms with E-state index in [0.29, 0.717) is 50.1 Å².